The number of halogens is 1. The van der Waals surface area contributed by atoms with Crippen molar-refractivity contribution in [1.29, 1.82) is 0 Å². The third-order valence-corrected chi connectivity index (χ3v) is 8.29. The van der Waals surface area contributed by atoms with Gasteiger partial charge in [-0.2, -0.15) is 15.3 Å². The van der Waals surface area contributed by atoms with Gasteiger partial charge in [-0.05, 0) is 68.2 Å². The Morgan fingerprint density at radius 1 is 1.14 bits per heavy atom. The molecule has 190 valence electrons. The lowest BCUT2D eigenvalue weighted by Crippen LogP contribution is -2.38. The van der Waals surface area contributed by atoms with Crippen molar-refractivity contribution in [3.8, 4) is 22.8 Å². The van der Waals surface area contributed by atoms with Crippen molar-refractivity contribution >= 4 is 0 Å². The highest BCUT2D eigenvalue weighted by atomic mass is 19.1. The Morgan fingerprint density at radius 3 is 2.70 bits per heavy atom. The molecule has 0 amide bonds. The number of aromatic amines is 1. The predicted molar refractivity (Wildman–Crippen MR) is 136 cm³/mol. The summed E-state index contributed by atoms with van der Waals surface area (Å²) < 4.78 is 14.8. The Labute approximate surface area is 214 Å². The summed E-state index contributed by atoms with van der Waals surface area (Å²) in [6.07, 6.45) is 5.66. The molecule has 2 bridgehead atoms. The van der Waals surface area contributed by atoms with Gasteiger partial charge in [-0.3, -0.25) is 10.1 Å². The highest BCUT2D eigenvalue weighted by molar-refractivity contribution is 5.66. The van der Waals surface area contributed by atoms with Crippen LogP contribution in [0, 0.1) is 18.2 Å². The van der Waals surface area contributed by atoms with Crippen LogP contribution in [0.5, 0.6) is 0 Å². The zero-order valence-electron chi connectivity index (χ0n) is 21.7. The molecule has 0 unspecified atom stereocenters. The monoisotopic (exact) mass is 499 g/mol. The van der Waals surface area contributed by atoms with Crippen molar-refractivity contribution in [2.45, 2.75) is 70.8 Å². The fourth-order valence-electron chi connectivity index (χ4n) is 6.55. The van der Waals surface area contributed by atoms with E-state index >= 15 is 0 Å². The number of nitrogens with one attached hydrogen (secondary N) is 1. The summed E-state index contributed by atoms with van der Waals surface area (Å²) in [6, 6.07) is 7.09. The maximum absolute atomic E-state index is 14.8. The number of rotatable bonds is 5. The van der Waals surface area contributed by atoms with Gasteiger partial charge in [0.05, 0.1) is 34.3 Å². The van der Waals surface area contributed by atoms with Crippen LogP contribution >= 0.6 is 0 Å². The minimum atomic E-state index is -0.904. The summed E-state index contributed by atoms with van der Waals surface area (Å²) in [5.74, 6) is 0.978. The molecule has 3 aromatic heterocycles. The number of benzene rings is 1. The first-order valence-corrected chi connectivity index (χ1v) is 12.6. The van der Waals surface area contributed by atoms with Gasteiger partial charge in [-0.15, -0.1) is 0 Å². The highest BCUT2D eigenvalue weighted by Crippen LogP contribution is 2.69. The van der Waals surface area contributed by atoms with Crippen LogP contribution in [0.1, 0.15) is 74.8 Å². The maximum atomic E-state index is 14.8. The molecule has 0 aliphatic heterocycles. The molecule has 2 atom stereocenters. The van der Waals surface area contributed by atoms with E-state index < -0.39 is 11.0 Å². The average Bonchev–Trinajstić information content (AvgIpc) is 3.45. The van der Waals surface area contributed by atoms with Crippen LogP contribution < -0.4 is 0 Å². The molecule has 2 aliphatic carbocycles. The zero-order valence-corrected chi connectivity index (χ0v) is 21.7. The summed E-state index contributed by atoms with van der Waals surface area (Å²) >= 11 is 0. The number of nitrogens with zero attached hydrogens (tertiary/aromatic N) is 6. The quantitative estimate of drug-likeness (QED) is 0.410. The summed E-state index contributed by atoms with van der Waals surface area (Å²) in [6.45, 7) is 9.85. The molecular weight excluding hydrogens is 469 g/mol. The molecule has 8 nitrogen and oxygen atoms in total. The summed E-state index contributed by atoms with van der Waals surface area (Å²) in [5.41, 5.74) is 3.71. The minimum absolute atomic E-state index is 0.189. The lowest BCUT2D eigenvalue weighted by Gasteiger charge is -2.37. The van der Waals surface area contributed by atoms with Crippen LogP contribution in [-0.4, -0.2) is 46.1 Å². The van der Waals surface area contributed by atoms with Crippen LogP contribution in [0.3, 0.4) is 0 Å². The molecule has 3 heterocycles. The van der Waals surface area contributed by atoms with Crippen molar-refractivity contribution in [3.05, 3.63) is 70.8 Å². The number of H-pyrrole nitrogens is 1. The molecule has 37 heavy (non-hydrogen) atoms. The van der Waals surface area contributed by atoms with Crippen molar-refractivity contribution < 1.29 is 9.50 Å². The third kappa shape index (κ3) is 3.51. The van der Waals surface area contributed by atoms with E-state index in [2.05, 4.69) is 39.1 Å². The highest BCUT2D eigenvalue weighted by Gasteiger charge is 2.65. The van der Waals surface area contributed by atoms with E-state index in [1.165, 1.54) is 6.07 Å². The Morgan fingerprint density at radius 2 is 1.95 bits per heavy atom. The van der Waals surface area contributed by atoms with Gasteiger partial charge in [0.15, 0.2) is 0 Å². The van der Waals surface area contributed by atoms with E-state index in [4.69, 9.17) is 10.1 Å². The number of hydrogen-bond acceptors (Lipinski definition) is 7. The Bertz CT molecular complexity index is 1500. The lowest BCUT2D eigenvalue weighted by molar-refractivity contribution is 0.0789. The van der Waals surface area contributed by atoms with Crippen LogP contribution in [-0.2, 0) is 11.8 Å². The molecule has 0 spiro atoms. The second-order valence-corrected chi connectivity index (χ2v) is 11.6. The molecule has 1 aromatic carbocycles. The largest absolute Gasteiger partial charge is 0.390 e. The van der Waals surface area contributed by atoms with E-state index in [-0.39, 0.29) is 17.2 Å². The lowest BCUT2D eigenvalue weighted by atomic mass is 9.66. The Balaban J connectivity index is 1.44. The van der Waals surface area contributed by atoms with Gasteiger partial charge in [0.25, 0.3) is 0 Å². The van der Waals surface area contributed by atoms with Gasteiger partial charge < -0.3 is 5.11 Å². The number of aryl methyl sites for hydroxylation is 1. The van der Waals surface area contributed by atoms with Gasteiger partial charge in [0.2, 0.25) is 5.82 Å². The smallest absolute Gasteiger partial charge is 0.201 e. The molecule has 4 aromatic rings. The second-order valence-electron chi connectivity index (χ2n) is 11.6. The molecule has 0 radical (unpaired) electrons. The van der Waals surface area contributed by atoms with E-state index in [0.29, 0.717) is 35.0 Å². The molecule has 1 fully saturated rings. The first kappa shape index (κ1) is 23.8. The number of aliphatic hydroxyl groups is 1. The zero-order chi connectivity index (χ0) is 26.2. The van der Waals surface area contributed by atoms with E-state index in [0.717, 1.165) is 35.4 Å². The topological polar surface area (TPSA) is 113 Å². The summed E-state index contributed by atoms with van der Waals surface area (Å²) in [7, 11) is 0. The van der Waals surface area contributed by atoms with Gasteiger partial charge in [-0.25, -0.2) is 14.4 Å². The van der Waals surface area contributed by atoms with E-state index in [9.17, 15) is 9.50 Å². The van der Waals surface area contributed by atoms with Crippen LogP contribution in [0.25, 0.3) is 22.8 Å². The van der Waals surface area contributed by atoms with Crippen LogP contribution in [0.4, 0.5) is 4.39 Å². The van der Waals surface area contributed by atoms with Gasteiger partial charge >= 0.3 is 0 Å². The fraction of sp³-hybridized carbons (Fsp3) is 0.429. The van der Waals surface area contributed by atoms with Crippen molar-refractivity contribution in [3.63, 3.8) is 0 Å². The van der Waals surface area contributed by atoms with Crippen molar-refractivity contribution in [1.82, 2.24) is 35.3 Å². The molecular formula is C28H30FN7O. The Hall–Kier alpha value is -3.59. The van der Waals surface area contributed by atoms with E-state index in [1.54, 1.807) is 26.1 Å². The van der Waals surface area contributed by atoms with Gasteiger partial charge in [0.1, 0.15) is 17.3 Å². The van der Waals surface area contributed by atoms with Crippen molar-refractivity contribution in [2.75, 3.05) is 0 Å². The SMILES string of the molecule is Cc1cccc(F)c1-c1cc2c(nn1)[C@@]1(c3cncc(-c4n[nH]c(CC(C)(C)O)n4)n3)CC[C@@H]2C1(C)C. The molecule has 2 aliphatic rings. The number of fused-ring (bicyclic) bond motifs is 5. The molecule has 0 saturated heterocycles. The Kier molecular flexibility index (Phi) is 5.11. The van der Waals surface area contributed by atoms with Crippen LogP contribution in [0.2, 0.25) is 0 Å². The van der Waals surface area contributed by atoms with Crippen LogP contribution in [0.15, 0.2) is 36.7 Å². The first-order chi connectivity index (χ1) is 17.5. The van der Waals surface area contributed by atoms with Gasteiger partial charge in [-0.1, -0.05) is 26.0 Å². The van der Waals surface area contributed by atoms with Gasteiger partial charge in [0, 0.05) is 18.2 Å². The maximum Gasteiger partial charge on any atom is 0.201 e. The molecule has 2 N–H and O–H groups in total. The van der Waals surface area contributed by atoms with E-state index in [1.807, 2.05) is 25.3 Å². The first-order valence-electron chi connectivity index (χ1n) is 12.6. The standard InChI is InChI=1S/C28H30FN7O/c1-15-7-6-8-18(29)23(15)19-11-16-17-9-10-28(27(17,4)5,24(16)35-33-19)21-14-30-13-20(31-21)25-32-22(34-36-25)12-26(2,3)37/h6-8,11,13-14,17,37H,9-10,12H2,1-5H3,(H,32,34,36)/t17-,28-/m0/s1. The van der Waals surface area contributed by atoms with Crippen molar-refractivity contribution in [2.24, 2.45) is 5.41 Å². The summed E-state index contributed by atoms with van der Waals surface area (Å²) in [5, 5.41) is 26.6. The molecule has 6 rings (SSSR count). The number of hydrogen-bond donors (Lipinski definition) is 2. The molecule has 9 heteroatoms. The summed E-state index contributed by atoms with van der Waals surface area (Å²) in [4.78, 5) is 14.1. The fourth-order valence-corrected chi connectivity index (χ4v) is 6.55. The third-order valence-electron chi connectivity index (χ3n) is 8.29. The predicted octanol–water partition coefficient (Wildman–Crippen LogP) is 4.68. The normalized spacial score (nSPS) is 21.9. The molecule has 1 saturated carbocycles. The second kappa shape index (κ2) is 7.95. The average molecular weight is 500 g/mol. The minimum Gasteiger partial charge on any atom is -0.390 e. The number of aromatic nitrogens is 7.